The molecule has 1 unspecified atom stereocenters. The van der Waals surface area contributed by atoms with Crippen molar-refractivity contribution in [3.63, 3.8) is 0 Å². The van der Waals surface area contributed by atoms with Crippen LogP contribution in [-0.4, -0.2) is 36.3 Å². The maximum absolute atomic E-state index is 14.6. The lowest BCUT2D eigenvalue weighted by Gasteiger charge is -2.27. The largest absolute Gasteiger partial charge is 0.494 e. The Hall–Kier alpha value is -3.17. The number of ether oxygens (including phenoxy) is 3. The van der Waals surface area contributed by atoms with Crippen LogP contribution >= 0.6 is 11.3 Å². The van der Waals surface area contributed by atoms with Crippen molar-refractivity contribution in [1.29, 1.82) is 0 Å². The molecule has 0 bridgehead atoms. The molecule has 0 saturated carbocycles. The number of nitrogens with one attached hydrogen (secondary N) is 1. The summed E-state index contributed by atoms with van der Waals surface area (Å²) in [7, 11) is 1.44. The van der Waals surface area contributed by atoms with Crippen LogP contribution in [0.2, 0.25) is 0 Å². The zero-order valence-electron chi connectivity index (χ0n) is 16.8. The summed E-state index contributed by atoms with van der Waals surface area (Å²) >= 11 is 1.11. The number of thiazole rings is 1. The lowest BCUT2D eigenvalue weighted by atomic mass is 9.97. The molecule has 7 nitrogen and oxygen atoms in total. The Morgan fingerprint density at radius 1 is 1.39 bits per heavy atom. The molecule has 0 aliphatic carbocycles. The molecule has 2 N–H and O–H groups in total. The molecular weight excluding hydrogens is 423 g/mol. The van der Waals surface area contributed by atoms with Gasteiger partial charge in [0.2, 0.25) is 0 Å². The second-order valence-electron chi connectivity index (χ2n) is 6.85. The Bertz CT molecular complexity index is 1090. The van der Waals surface area contributed by atoms with E-state index in [1.165, 1.54) is 13.3 Å². The number of aliphatic hydroxyl groups is 1. The molecule has 1 aliphatic rings. The molecule has 4 rings (SSSR count). The number of amides is 1. The van der Waals surface area contributed by atoms with E-state index in [0.29, 0.717) is 40.0 Å². The Kier molecular flexibility index (Phi) is 6.34. The molecule has 1 aromatic heterocycles. The molecule has 2 heterocycles. The SMILES string of the molecule is COc1cccc(C2CCc3cc(Oc4ncc(C(=O)NCCO)s4)ccc3O2)c1F. The summed E-state index contributed by atoms with van der Waals surface area (Å²) in [6, 6.07) is 10.4. The molecule has 1 atom stereocenters. The summed E-state index contributed by atoms with van der Waals surface area (Å²) in [6.07, 6.45) is 2.35. The highest BCUT2D eigenvalue weighted by Gasteiger charge is 2.25. The van der Waals surface area contributed by atoms with E-state index in [4.69, 9.17) is 19.3 Å². The molecule has 162 valence electrons. The smallest absolute Gasteiger partial charge is 0.279 e. The quantitative estimate of drug-likeness (QED) is 0.575. The first-order valence-corrected chi connectivity index (χ1v) is 10.6. The van der Waals surface area contributed by atoms with E-state index in [1.54, 1.807) is 30.3 Å². The summed E-state index contributed by atoms with van der Waals surface area (Å²) in [5, 5.41) is 11.7. The summed E-state index contributed by atoms with van der Waals surface area (Å²) in [4.78, 5) is 16.4. The number of carbonyl (C=O) groups is 1. The Balaban J connectivity index is 1.45. The lowest BCUT2D eigenvalue weighted by Crippen LogP contribution is -2.25. The van der Waals surface area contributed by atoms with E-state index in [0.717, 1.165) is 16.9 Å². The van der Waals surface area contributed by atoms with Gasteiger partial charge in [0.25, 0.3) is 11.1 Å². The molecule has 3 aromatic rings. The molecule has 0 fully saturated rings. The average Bonchev–Trinajstić information content (AvgIpc) is 3.26. The normalized spacial score (nSPS) is 15.0. The van der Waals surface area contributed by atoms with Crippen LogP contribution in [0.4, 0.5) is 4.39 Å². The minimum atomic E-state index is -0.402. The van der Waals surface area contributed by atoms with Crippen LogP contribution in [0.3, 0.4) is 0 Å². The first-order valence-electron chi connectivity index (χ1n) is 9.73. The van der Waals surface area contributed by atoms with E-state index in [-0.39, 0.29) is 24.8 Å². The number of halogens is 1. The molecule has 9 heteroatoms. The van der Waals surface area contributed by atoms with Gasteiger partial charge >= 0.3 is 0 Å². The molecule has 0 spiro atoms. The zero-order valence-corrected chi connectivity index (χ0v) is 17.6. The zero-order chi connectivity index (χ0) is 21.8. The minimum absolute atomic E-state index is 0.129. The Morgan fingerprint density at radius 3 is 3.06 bits per heavy atom. The number of hydrogen-bond donors (Lipinski definition) is 2. The number of fused-ring (bicyclic) bond motifs is 1. The monoisotopic (exact) mass is 444 g/mol. The van der Waals surface area contributed by atoms with Gasteiger partial charge < -0.3 is 24.6 Å². The van der Waals surface area contributed by atoms with Gasteiger partial charge in [-0.05, 0) is 42.7 Å². The number of aromatic nitrogens is 1. The Morgan fingerprint density at radius 2 is 2.26 bits per heavy atom. The number of methoxy groups -OCH3 is 1. The van der Waals surface area contributed by atoms with Crippen molar-refractivity contribution in [3.05, 3.63) is 64.4 Å². The lowest BCUT2D eigenvalue weighted by molar-refractivity contribution is 0.0948. The fraction of sp³-hybridized carbons (Fsp3) is 0.273. The number of aliphatic hydroxyl groups excluding tert-OH is 1. The van der Waals surface area contributed by atoms with Gasteiger partial charge in [-0.15, -0.1) is 0 Å². The highest BCUT2D eigenvalue weighted by atomic mass is 32.1. The summed E-state index contributed by atoms with van der Waals surface area (Å²) in [5.41, 5.74) is 1.43. The number of carbonyl (C=O) groups excluding carboxylic acids is 1. The highest BCUT2D eigenvalue weighted by molar-refractivity contribution is 7.15. The van der Waals surface area contributed by atoms with Crippen molar-refractivity contribution < 1.29 is 28.5 Å². The first kappa shape index (κ1) is 21.1. The summed E-state index contributed by atoms with van der Waals surface area (Å²) in [6.45, 7) is 0.0504. The van der Waals surface area contributed by atoms with Gasteiger partial charge in [-0.1, -0.05) is 23.5 Å². The third-order valence-electron chi connectivity index (χ3n) is 4.85. The maximum Gasteiger partial charge on any atom is 0.279 e. The molecule has 1 aliphatic heterocycles. The Labute approximate surface area is 182 Å². The second kappa shape index (κ2) is 9.32. The van der Waals surface area contributed by atoms with Crippen LogP contribution in [0.5, 0.6) is 22.4 Å². The first-order chi connectivity index (χ1) is 15.1. The van der Waals surface area contributed by atoms with Crippen LogP contribution in [0.1, 0.15) is 33.3 Å². The van der Waals surface area contributed by atoms with Gasteiger partial charge in [0, 0.05) is 12.1 Å². The van der Waals surface area contributed by atoms with Gasteiger partial charge in [0.1, 0.15) is 22.5 Å². The van der Waals surface area contributed by atoms with Crippen LogP contribution in [-0.2, 0) is 6.42 Å². The highest BCUT2D eigenvalue weighted by Crippen LogP contribution is 2.39. The van der Waals surface area contributed by atoms with Crippen molar-refractivity contribution in [1.82, 2.24) is 10.3 Å². The van der Waals surface area contributed by atoms with E-state index < -0.39 is 11.9 Å². The number of nitrogens with zero attached hydrogens (tertiary/aromatic N) is 1. The number of rotatable bonds is 7. The number of hydrogen-bond acceptors (Lipinski definition) is 7. The molecular formula is C22H21FN2O5S. The van der Waals surface area contributed by atoms with Crippen molar-refractivity contribution in [2.45, 2.75) is 18.9 Å². The minimum Gasteiger partial charge on any atom is -0.494 e. The molecule has 31 heavy (non-hydrogen) atoms. The number of aryl methyl sites for hydroxylation is 1. The van der Waals surface area contributed by atoms with Gasteiger partial charge in [-0.3, -0.25) is 4.79 Å². The second-order valence-corrected chi connectivity index (χ2v) is 7.84. The van der Waals surface area contributed by atoms with Crippen molar-refractivity contribution in [2.75, 3.05) is 20.3 Å². The molecule has 2 aromatic carbocycles. The number of benzene rings is 2. The van der Waals surface area contributed by atoms with Crippen molar-refractivity contribution in [3.8, 4) is 22.4 Å². The van der Waals surface area contributed by atoms with E-state index in [2.05, 4.69) is 10.3 Å². The third kappa shape index (κ3) is 4.62. The fourth-order valence-electron chi connectivity index (χ4n) is 3.35. The van der Waals surface area contributed by atoms with Crippen LogP contribution in [0, 0.1) is 5.82 Å². The van der Waals surface area contributed by atoms with Crippen molar-refractivity contribution in [2.24, 2.45) is 0 Å². The van der Waals surface area contributed by atoms with Crippen molar-refractivity contribution >= 4 is 17.2 Å². The maximum atomic E-state index is 14.6. The van der Waals surface area contributed by atoms with E-state index in [1.807, 2.05) is 6.07 Å². The van der Waals surface area contributed by atoms with Gasteiger partial charge in [0.15, 0.2) is 11.6 Å². The van der Waals surface area contributed by atoms with Crippen LogP contribution < -0.4 is 19.5 Å². The average molecular weight is 444 g/mol. The molecule has 0 radical (unpaired) electrons. The molecule has 1 amide bonds. The van der Waals surface area contributed by atoms with Crippen LogP contribution in [0.25, 0.3) is 0 Å². The topological polar surface area (TPSA) is 89.9 Å². The van der Waals surface area contributed by atoms with E-state index in [9.17, 15) is 9.18 Å². The van der Waals surface area contributed by atoms with Gasteiger partial charge in [0.05, 0.1) is 19.9 Å². The van der Waals surface area contributed by atoms with Gasteiger partial charge in [-0.2, -0.15) is 0 Å². The molecule has 0 saturated heterocycles. The predicted octanol–water partition coefficient (Wildman–Crippen LogP) is 3.87. The van der Waals surface area contributed by atoms with Gasteiger partial charge in [-0.25, -0.2) is 9.37 Å². The third-order valence-corrected chi connectivity index (χ3v) is 5.72. The fourth-order valence-corrected chi connectivity index (χ4v) is 4.05. The van der Waals surface area contributed by atoms with E-state index >= 15 is 0 Å². The summed E-state index contributed by atoms with van der Waals surface area (Å²) < 4.78 is 31.5. The predicted molar refractivity (Wildman–Crippen MR) is 113 cm³/mol. The van der Waals surface area contributed by atoms with Crippen LogP contribution in [0.15, 0.2) is 42.6 Å². The summed E-state index contributed by atoms with van der Waals surface area (Å²) in [5.74, 6) is 0.736. The standard InChI is InChI=1S/C22H21FN2O5S/c1-28-18-4-2-3-15(20(18)23)17-7-5-13-11-14(6-8-16(13)30-17)29-22-25-12-19(31-22)21(27)24-9-10-26/h2-4,6,8,11-12,17,26H,5,7,9-10H2,1H3,(H,24,27).